The van der Waals surface area contributed by atoms with Gasteiger partial charge in [0.1, 0.15) is 17.3 Å². The number of alkyl halides is 3. The van der Waals surface area contributed by atoms with E-state index in [2.05, 4.69) is 20.6 Å². The van der Waals surface area contributed by atoms with Crippen molar-refractivity contribution in [1.82, 2.24) is 14.9 Å². The summed E-state index contributed by atoms with van der Waals surface area (Å²) in [5.74, 6) is -1.69. The average molecular weight is 560 g/mol. The van der Waals surface area contributed by atoms with Crippen LogP contribution in [0.4, 0.5) is 24.7 Å². The summed E-state index contributed by atoms with van der Waals surface area (Å²) in [4.78, 5) is 34.0. The molecule has 1 aliphatic rings. The van der Waals surface area contributed by atoms with Gasteiger partial charge in [-0.2, -0.15) is 23.1 Å². The normalized spacial score (nSPS) is 12.5. The van der Waals surface area contributed by atoms with Gasteiger partial charge in [0.25, 0.3) is 11.8 Å². The molecule has 0 atom stereocenters. The van der Waals surface area contributed by atoms with Crippen LogP contribution < -0.4 is 30.6 Å². The molecule has 0 unspecified atom stereocenters. The molecule has 0 saturated heterocycles. The summed E-state index contributed by atoms with van der Waals surface area (Å²) in [7, 11) is 2.79. The number of fused-ring (bicyclic) bond motifs is 1. The fourth-order valence-corrected chi connectivity index (χ4v) is 3.57. The van der Waals surface area contributed by atoms with Crippen molar-refractivity contribution in [3.8, 4) is 29.1 Å². The number of nitrogen functional groups attached to an aromatic ring is 1. The lowest BCUT2D eigenvalue weighted by atomic mass is 10.1. The zero-order chi connectivity index (χ0) is 29.2. The van der Waals surface area contributed by atoms with Crippen LogP contribution in [0.25, 0.3) is 0 Å². The summed E-state index contributed by atoms with van der Waals surface area (Å²) in [5, 5.41) is 13.0. The standard InChI is InChI=1S/C25H24F3N7O5/c1-4-38-16-6-5-12(20(29)30)9-17(16)40-24-33-21-19(32-18(36)11-31-21)22(34-24)39-15-8-13(23(37)35(2)3)7-14(10-15)25(26,27)28/h5-10H,4,11H2,1-3H3,(H3,29,30)(H,32,36)(H,31,33,34). The first-order chi connectivity index (χ1) is 18.8. The van der Waals surface area contributed by atoms with Crippen LogP contribution in [0.3, 0.4) is 0 Å². The Labute approximate surface area is 225 Å². The summed E-state index contributed by atoms with van der Waals surface area (Å²) in [5.41, 5.74) is 4.45. The van der Waals surface area contributed by atoms with Crippen molar-refractivity contribution in [2.75, 3.05) is 37.9 Å². The third-order valence-corrected chi connectivity index (χ3v) is 5.39. The highest BCUT2D eigenvalue weighted by Gasteiger charge is 2.33. The van der Waals surface area contributed by atoms with E-state index in [-0.39, 0.29) is 65.2 Å². The third-order valence-electron chi connectivity index (χ3n) is 5.39. The Morgan fingerprint density at radius 1 is 1.10 bits per heavy atom. The second-order valence-electron chi connectivity index (χ2n) is 8.59. The molecule has 0 saturated carbocycles. The number of ether oxygens (including phenoxy) is 3. The van der Waals surface area contributed by atoms with Crippen LogP contribution in [0.5, 0.6) is 29.1 Å². The number of halogens is 3. The lowest BCUT2D eigenvalue weighted by Gasteiger charge is -2.21. The number of benzene rings is 2. The highest BCUT2D eigenvalue weighted by molar-refractivity contribution is 6.01. The number of carbonyl (C=O) groups excluding carboxylic acids is 2. The summed E-state index contributed by atoms with van der Waals surface area (Å²) < 4.78 is 58.0. The number of amides is 2. The zero-order valence-corrected chi connectivity index (χ0v) is 21.5. The number of hydrogen-bond donors (Lipinski definition) is 4. The van der Waals surface area contributed by atoms with Gasteiger partial charge < -0.3 is 35.5 Å². The van der Waals surface area contributed by atoms with Gasteiger partial charge in [-0.25, -0.2) is 0 Å². The minimum atomic E-state index is -4.78. The molecule has 1 aromatic heterocycles. The Balaban J connectivity index is 1.80. The maximum Gasteiger partial charge on any atom is 0.416 e. The van der Waals surface area contributed by atoms with Crippen molar-refractivity contribution in [3.05, 3.63) is 53.1 Å². The van der Waals surface area contributed by atoms with E-state index in [0.29, 0.717) is 17.7 Å². The van der Waals surface area contributed by atoms with E-state index in [0.717, 1.165) is 11.0 Å². The monoisotopic (exact) mass is 559 g/mol. The number of rotatable bonds is 8. The number of nitrogens with one attached hydrogen (secondary N) is 3. The number of nitrogens with zero attached hydrogens (tertiary/aromatic N) is 3. The number of hydrogen-bond acceptors (Lipinski definition) is 9. The molecule has 0 aliphatic carbocycles. The van der Waals surface area contributed by atoms with Crippen LogP contribution in [-0.2, 0) is 11.0 Å². The molecule has 4 rings (SSSR count). The zero-order valence-electron chi connectivity index (χ0n) is 21.5. The summed E-state index contributed by atoms with van der Waals surface area (Å²) >= 11 is 0. The van der Waals surface area contributed by atoms with Crippen molar-refractivity contribution in [1.29, 1.82) is 5.41 Å². The maximum absolute atomic E-state index is 13.6. The van der Waals surface area contributed by atoms with E-state index in [1.807, 2.05) is 0 Å². The van der Waals surface area contributed by atoms with Gasteiger partial charge in [-0.05, 0) is 43.3 Å². The van der Waals surface area contributed by atoms with Crippen molar-refractivity contribution in [3.63, 3.8) is 0 Å². The molecule has 40 heavy (non-hydrogen) atoms. The molecule has 210 valence electrons. The highest BCUT2D eigenvalue weighted by atomic mass is 19.4. The minimum Gasteiger partial charge on any atom is -0.490 e. The van der Waals surface area contributed by atoms with Gasteiger partial charge >= 0.3 is 12.2 Å². The van der Waals surface area contributed by atoms with Gasteiger partial charge in [0.2, 0.25) is 5.91 Å². The maximum atomic E-state index is 13.6. The molecule has 0 radical (unpaired) electrons. The van der Waals surface area contributed by atoms with E-state index in [1.165, 1.54) is 26.2 Å². The lowest BCUT2D eigenvalue weighted by molar-refractivity contribution is -0.137. The molecule has 2 aromatic carbocycles. The van der Waals surface area contributed by atoms with Crippen LogP contribution in [-0.4, -0.2) is 59.8 Å². The van der Waals surface area contributed by atoms with Gasteiger partial charge in [0.05, 0.1) is 18.7 Å². The largest absolute Gasteiger partial charge is 0.490 e. The molecule has 3 aromatic rings. The van der Waals surface area contributed by atoms with Gasteiger partial charge in [-0.15, -0.1) is 0 Å². The number of carbonyl (C=O) groups is 2. The molecular weight excluding hydrogens is 535 g/mol. The van der Waals surface area contributed by atoms with E-state index < -0.39 is 23.6 Å². The quantitative estimate of drug-likeness (QED) is 0.237. The molecule has 15 heteroatoms. The van der Waals surface area contributed by atoms with E-state index >= 15 is 0 Å². The van der Waals surface area contributed by atoms with Crippen LogP contribution in [0.2, 0.25) is 0 Å². The molecular formula is C25H24F3N7O5. The fraction of sp³-hybridized carbons (Fsp3) is 0.240. The SMILES string of the molecule is CCOc1ccc(C(=N)N)cc1Oc1nc2c(c(Oc3cc(C(=O)N(C)C)cc(C(F)(F)F)c3)n1)NC(=O)CN2. The second-order valence-corrected chi connectivity index (χ2v) is 8.59. The molecule has 2 amide bonds. The predicted octanol–water partition coefficient (Wildman–Crippen LogP) is 3.83. The van der Waals surface area contributed by atoms with Crippen LogP contribution in [0.1, 0.15) is 28.4 Å². The minimum absolute atomic E-state index is 0.0518. The van der Waals surface area contributed by atoms with Crippen LogP contribution >= 0.6 is 0 Å². The molecule has 5 N–H and O–H groups in total. The Morgan fingerprint density at radius 3 is 2.50 bits per heavy atom. The predicted molar refractivity (Wildman–Crippen MR) is 137 cm³/mol. The molecule has 0 spiro atoms. The number of nitrogens with two attached hydrogens (primary N) is 1. The fourth-order valence-electron chi connectivity index (χ4n) is 3.57. The van der Waals surface area contributed by atoms with E-state index in [9.17, 15) is 22.8 Å². The topological polar surface area (TPSA) is 165 Å². The Kier molecular flexibility index (Phi) is 7.65. The average Bonchev–Trinajstić information content (AvgIpc) is 2.89. The molecule has 1 aliphatic heterocycles. The van der Waals surface area contributed by atoms with Gasteiger partial charge in [0.15, 0.2) is 17.3 Å². The smallest absolute Gasteiger partial charge is 0.416 e. The van der Waals surface area contributed by atoms with Crippen molar-refractivity contribution in [2.24, 2.45) is 5.73 Å². The Bertz CT molecular complexity index is 1490. The molecule has 12 nitrogen and oxygen atoms in total. The second kappa shape index (κ2) is 11.0. The van der Waals surface area contributed by atoms with E-state index in [4.69, 9.17) is 25.4 Å². The summed E-state index contributed by atoms with van der Waals surface area (Å²) in [6, 6.07) is 6.72. The molecule has 0 fully saturated rings. The first-order valence-electron chi connectivity index (χ1n) is 11.7. The molecule has 2 heterocycles. The van der Waals surface area contributed by atoms with Gasteiger partial charge in [0, 0.05) is 25.2 Å². The van der Waals surface area contributed by atoms with Crippen LogP contribution in [0, 0.1) is 5.41 Å². The highest BCUT2D eigenvalue weighted by Crippen LogP contribution is 2.40. The Hall–Kier alpha value is -5.08. The van der Waals surface area contributed by atoms with Gasteiger partial charge in [-0.3, -0.25) is 15.0 Å². The number of aromatic nitrogens is 2. The van der Waals surface area contributed by atoms with Crippen molar-refractivity contribution in [2.45, 2.75) is 13.1 Å². The van der Waals surface area contributed by atoms with Gasteiger partial charge in [-0.1, -0.05) is 0 Å². The molecule has 0 bridgehead atoms. The van der Waals surface area contributed by atoms with Crippen molar-refractivity contribution >= 4 is 29.2 Å². The summed E-state index contributed by atoms with van der Waals surface area (Å²) in [6.07, 6.45) is -4.78. The first kappa shape index (κ1) is 27.9. The van der Waals surface area contributed by atoms with Crippen LogP contribution in [0.15, 0.2) is 36.4 Å². The first-order valence-corrected chi connectivity index (χ1v) is 11.7. The Morgan fingerprint density at radius 2 is 1.85 bits per heavy atom. The lowest BCUT2D eigenvalue weighted by Crippen LogP contribution is -2.28. The number of amidine groups is 1. The third kappa shape index (κ3) is 6.14. The number of anilines is 2. The summed E-state index contributed by atoms with van der Waals surface area (Å²) in [6.45, 7) is 1.88. The van der Waals surface area contributed by atoms with Crippen molar-refractivity contribution < 1.29 is 37.0 Å². The van der Waals surface area contributed by atoms with E-state index in [1.54, 1.807) is 13.0 Å².